The summed E-state index contributed by atoms with van der Waals surface area (Å²) in [6.45, 7) is 2.89. The number of esters is 1. The van der Waals surface area contributed by atoms with Crippen molar-refractivity contribution in [2.45, 2.75) is 16.7 Å². The first-order valence-corrected chi connectivity index (χ1v) is 10.1. The van der Waals surface area contributed by atoms with Gasteiger partial charge in [-0.25, -0.2) is 4.79 Å². The third-order valence-electron chi connectivity index (χ3n) is 4.62. The number of hydrogen-bond acceptors (Lipinski definition) is 4. The average molecular weight is 411 g/mol. The van der Waals surface area contributed by atoms with E-state index in [9.17, 15) is 4.79 Å². The largest absolute Gasteiger partial charge is 0.465 e. The highest BCUT2D eigenvalue weighted by Crippen LogP contribution is 2.40. The molecule has 4 rings (SSSR count). The van der Waals surface area contributed by atoms with Crippen LogP contribution in [0.1, 0.15) is 16.1 Å². The lowest BCUT2D eigenvalue weighted by molar-refractivity contribution is 0.0600. The van der Waals surface area contributed by atoms with E-state index in [1.165, 1.54) is 7.11 Å². The molecule has 142 valence electrons. The van der Waals surface area contributed by atoms with Crippen molar-refractivity contribution in [3.8, 4) is 0 Å². The fourth-order valence-electron chi connectivity index (χ4n) is 3.32. The number of aromatic nitrogens is 1. The lowest BCUT2D eigenvalue weighted by Gasteiger charge is -2.16. The van der Waals surface area contributed by atoms with E-state index < -0.39 is 0 Å². The summed E-state index contributed by atoms with van der Waals surface area (Å²) in [6.07, 6.45) is 6.18. The number of carbonyl (C=O) groups excluding carboxylic acids is 1. The van der Waals surface area contributed by atoms with E-state index in [0.29, 0.717) is 10.6 Å². The van der Waals surface area contributed by atoms with E-state index in [2.05, 4.69) is 29.0 Å². The van der Waals surface area contributed by atoms with E-state index in [4.69, 9.17) is 16.3 Å². The van der Waals surface area contributed by atoms with Gasteiger partial charge in [0, 0.05) is 32.4 Å². The first kappa shape index (κ1) is 18.7. The second-order valence-electron chi connectivity index (χ2n) is 6.39. The first-order chi connectivity index (χ1) is 13.6. The van der Waals surface area contributed by atoms with Crippen molar-refractivity contribution in [3.05, 3.63) is 77.0 Å². The molecule has 0 aliphatic carbocycles. The number of fused-ring (bicyclic) bond motifs is 1. The molecule has 1 aliphatic rings. The van der Waals surface area contributed by atoms with E-state index in [1.54, 1.807) is 17.8 Å². The Morgan fingerprint density at radius 2 is 2.11 bits per heavy atom. The van der Waals surface area contributed by atoms with Gasteiger partial charge in [-0.3, -0.25) is 4.57 Å². The predicted molar refractivity (Wildman–Crippen MR) is 115 cm³/mol. The molecule has 1 aromatic heterocycles. The van der Waals surface area contributed by atoms with Gasteiger partial charge in [0.2, 0.25) is 0 Å². The lowest BCUT2D eigenvalue weighted by atomic mass is 10.2. The number of ether oxygens (including phenoxy) is 1. The quantitative estimate of drug-likeness (QED) is 0.577. The van der Waals surface area contributed by atoms with Gasteiger partial charge in [-0.1, -0.05) is 47.6 Å². The minimum Gasteiger partial charge on any atom is -0.465 e. The Kier molecular flexibility index (Phi) is 5.20. The second-order valence-corrected chi connectivity index (χ2v) is 7.91. The minimum atomic E-state index is -0.336. The number of allylic oxidation sites excluding steroid dienone is 2. The van der Waals surface area contributed by atoms with E-state index in [1.807, 2.05) is 42.5 Å². The maximum atomic E-state index is 11.9. The molecular formula is C22H19ClN2O2S. The third-order valence-corrected chi connectivity index (χ3v) is 6.06. The Balaban J connectivity index is 1.84. The van der Waals surface area contributed by atoms with Crippen LogP contribution in [0.25, 0.3) is 16.7 Å². The van der Waals surface area contributed by atoms with Crippen LogP contribution in [-0.4, -0.2) is 24.2 Å². The molecule has 2 aromatic carbocycles. The number of hydrogen-bond donors (Lipinski definition) is 1. The van der Waals surface area contributed by atoms with Gasteiger partial charge in [0.15, 0.2) is 0 Å². The molecule has 1 N–H and O–H groups in total. The number of benzene rings is 2. The highest BCUT2D eigenvalue weighted by molar-refractivity contribution is 7.99. The number of dihydropyridines is 1. The molecule has 4 nitrogen and oxygen atoms in total. The number of halogens is 1. The summed E-state index contributed by atoms with van der Waals surface area (Å²) in [7, 11) is 1.39. The number of carbonyl (C=O) groups is 1. The molecule has 0 atom stereocenters. The van der Waals surface area contributed by atoms with Gasteiger partial charge in [-0.15, -0.1) is 0 Å². The van der Waals surface area contributed by atoms with Crippen LogP contribution in [0.3, 0.4) is 0 Å². The van der Waals surface area contributed by atoms with Crippen molar-refractivity contribution in [2.75, 3.05) is 13.7 Å². The zero-order valence-corrected chi connectivity index (χ0v) is 17.1. The van der Waals surface area contributed by atoms with Crippen LogP contribution in [-0.2, 0) is 4.74 Å². The predicted octanol–water partition coefficient (Wildman–Crippen LogP) is 5.50. The molecule has 0 amide bonds. The second kappa shape index (κ2) is 7.78. The van der Waals surface area contributed by atoms with Crippen LogP contribution in [0, 0.1) is 6.92 Å². The highest BCUT2D eigenvalue weighted by Gasteiger charge is 2.19. The van der Waals surface area contributed by atoms with Crippen molar-refractivity contribution in [1.29, 1.82) is 0 Å². The topological polar surface area (TPSA) is 43.3 Å². The van der Waals surface area contributed by atoms with Gasteiger partial charge in [-0.2, -0.15) is 0 Å². The molecule has 0 spiro atoms. The Morgan fingerprint density at radius 3 is 2.86 bits per heavy atom. The molecule has 6 heteroatoms. The highest BCUT2D eigenvalue weighted by atomic mass is 35.5. The third kappa shape index (κ3) is 3.43. The van der Waals surface area contributed by atoms with Gasteiger partial charge in [0.1, 0.15) is 5.82 Å². The molecule has 1 aliphatic heterocycles. The fraction of sp³-hybridized carbons (Fsp3) is 0.136. The summed E-state index contributed by atoms with van der Waals surface area (Å²) in [5, 5.41) is 5.24. The Morgan fingerprint density at radius 1 is 1.25 bits per heavy atom. The number of rotatable bonds is 4. The van der Waals surface area contributed by atoms with Crippen molar-refractivity contribution >= 4 is 46.1 Å². The summed E-state index contributed by atoms with van der Waals surface area (Å²) in [5.74, 6) is 0.680. The summed E-state index contributed by atoms with van der Waals surface area (Å²) >= 11 is 7.93. The van der Waals surface area contributed by atoms with E-state index in [-0.39, 0.29) is 5.97 Å². The summed E-state index contributed by atoms with van der Waals surface area (Å²) in [5.41, 5.74) is 2.70. The van der Waals surface area contributed by atoms with E-state index in [0.717, 1.165) is 38.8 Å². The van der Waals surface area contributed by atoms with Crippen LogP contribution in [0.15, 0.2) is 70.5 Å². The molecule has 0 saturated heterocycles. The lowest BCUT2D eigenvalue weighted by Crippen LogP contribution is -2.19. The molecule has 0 unspecified atom stereocenters. The Labute approximate surface area is 172 Å². The van der Waals surface area contributed by atoms with Gasteiger partial charge < -0.3 is 10.1 Å². The van der Waals surface area contributed by atoms with Gasteiger partial charge in [0.05, 0.1) is 18.2 Å². The van der Waals surface area contributed by atoms with Crippen molar-refractivity contribution in [2.24, 2.45) is 0 Å². The summed E-state index contributed by atoms with van der Waals surface area (Å²) < 4.78 is 7.03. The molecule has 3 aromatic rings. The molecular weight excluding hydrogens is 392 g/mol. The maximum absolute atomic E-state index is 11.9. The molecule has 2 heterocycles. The van der Waals surface area contributed by atoms with Crippen LogP contribution < -0.4 is 5.32 Å². The van der Waals surface area contributed by atoms with Gasteiger partial charge in [-0.05, 0) is 43.3 Å². The fourth-order valence-corrected chi connectivity index (χ4v) is 4.58. The standard InChI is InChI=1S/C22H19ClN2O2S/c1-14-21(28-17-7-5-6-15(12-17)22(26)27-2)18-10-9-16(23)13-19(18)25(14)20-8-3-4-11-24-20/h3-10,12-13,24H,11H2,1-2H3. The molecule has 0 radical (unpaired) electrons. The number of nitrogens with zero attached hydrogens (tertiary/aromatic N) is 1. The molecule has 0 saturated carbocycles. The molecule has 0 bridgehead atoms. The maximum Gasteiger partial charge on any atom is 0.337 e. The monoisotopic (exact) mass is 410 g/mol. The summed E-state index contributed by atoms with van der Waals surface area (Å²) in [6, 6.07) is 13.4. The van der Waals surface area contributed by atoms with Crippen molar-refractivity contribution in [3.63, 3.8) is 0 Å². The van der Waals surface area contributed by atoms with Crippen LogP contribution in [0.2, 0.25) is 5.02 Å². The van der Waals surface area contributed by atoms with E-state index >= 15 is 0 Å². The van der Waals surface area contributed by atoms with Gasteiger partial charge in [0.25, 0.3) is 0 Å². The van der Waals surface area contributed by atoms with Gasteiger partial charge >= 0.3 is 5.97 Å². The zero-order valence-electron chi connectivity index (χ0n) is 15.5. The van der Waals surface area contributed by atoms with Crippen molar-refractivity contribution in [1.82, 2.24) is 9.88 Å². The molecule has 0 fully saturated rings. The van der Waals surface area contributed by atoms with Crippen LogP contribution >= 0.6 is 23.4 Å². The Hall–Kier alpha value is -2.63. The Bertz CT molecular complexity index is 1130. The molecule has 28 heavy (non-hydrogen) atoms. The normalized spacial score (nSPS) is 13.3. The SMILES string of the molecule is COC(=O)c1cccc(Sc2c(C)n(C3=CC=CCN3)c3cc(Cl)ccc23)c1. The zero-order chi connectivity index (χ0) is 19.7. The van der Waals surface area contributed by atoms with Crippen molar-refractivity contribution < 1.29 is 9.53 Å². The summed E-state index contributed by atoms with van der Waals surface area (Å²) in [4.78, 5) is 14.0. The smallest absolute Gasteiger partial charge is 0.337 e. The minimum absolute atomic E-state index is 0.336. The first-order valence-electron chi connectivity index (χ1n) is 8.86. The van der Waals surface area contributed by atoms with Crippen LogP contribution in [0.4, 0.5) is 0 Å². The van der Waals surface area contributed by atoms with Crippen LogP contribution in [0.5, 0.6) is 0 Å². The average Bonchev–Trinajstić information content (AvgIpc) is 2.99. The number of methoxy groups -OCH3 is 1. The number of nitrogens with one attached hydrogen (secondary N) is 1.